The molecular formula is C19H19FN2OS. The minimum absolute atomic E-state index is 0.131. The van der Waals surface area contributed by atoms with Crippen molar-refractivity contribution in [3.8, 4) is 0 Å². The highest BCUT2D eigenvalue weighted by Crippen LogP contribution is 2.29. The number of thiazole rings is 1. The van der Waals surface area contributed by atoms with Crippen LogP contribution in [0.5, 0.6) is 0 Å². The molecule has 4 rings (SSSR count). The molecule has 0 spiro atoms. The molecule has 1 fully saturated rings. The van der Waals surface area contributed by atoms with Gasteiger partial charge in [-0.25, -0.2) is 9.37 Å². The zero-order chi connectivity index (χ0) is 16.5. The van der Waals surface area contributed by atoms with Gasteiger partial charge in [0, 0.05) is 29.8 Å². The number of morpholine rings is 1. The van der Waals surface area contributed by atoms with Crippen molar-refractivity contribution in [1.29, 1.82) is 0 Å². The molecule has 2 aromatic carbocycles. The molecule has 3 aromatic rings. The molecule has 3 nitrogen and oxygen atoms in total. The van der Waals surface area contributed by atoms with Crippen molar-refractivity contribution < 1.29 is 9.13 Å². The topological polar surface area (TPSA) is 25.4 Å². The summed E-state index contributed by atoms with van der Waals surface area (Å²) in [6.07, 6.45) is 0.531. The van der Waals surface area contributed by atoms with Crippen molar-refractivity contribution in [3.63, 3.8) is 0 Å². The normalized spacial score (nSPS) is 15.2. The highest BCUT2D eigenvalue weighted by atomic mass is 32.1. The highest BCUT2D eigenvalue weighted by Gasteiger charge is 2.18. The molecule has 0 atom stereocenters. The number of hydrogen-bond donors (Lipinski definition) is 0. The van der Waals surface area contributed by atoms with Gasteiger partial charge in [0.05, 0.1) is 18.9 Å². The number of rotatable bonds is 3. The van der Waals surface area contributed by atoms with Gasteiger partial charge in [-0.3, -0.25) is 0 Å². The van der Waals surface area contributed by atoms with E-state index in [9.17, 15) is 4.39 Å². The first-order valence-electron chi connectivity index (χ1n) is 8.17. The van der Waals surface area contributed by atoms with Crippen molar-refractivity contribution in [2.75, 3.05) is 31.2 Å². The lowest BCUT2D eigenvalue weighted by molar-refractivity contribution is 0.122. The largest absolute Gasteiger partial charge is 0.378 e. The summed E-state index contributed by atoms with van der Waals surface area (Å²) in [6, 6.07) is 11.4. The molecule has 1 aliphatic rings. The van der Waals surface area contributed by atoms with E-state index in [4.69, 9.17) is 9.72 Å². The number of aromatic nitrogens is 1. The molecule has 124 valence electrons. The van der Waals surface area contributed by atoms with Crippen LogP contribution in [0, 0.1) is 12.7 Å². The summed E-state index contributed by atoms with van der Waals surface area (Å²) < 4.78 is 20.2. The second-order valence-electron chi connectivity index (χ2n) is 6.04. The number of hydrogen-bond acceptors (Lipinski definition) is 4. The molecule has 0 unspecified atom stereocenters. The van der Waals surface area contributed by atoms with Crippen molar-refractivity contribution in [1.82, 2.24) is 4.98 Å². The Morgan fingerprint density at radius 1 is 1.17 bits per heavy atom. The van der Waals surface area contributed by atoms with Gasteiger partial charge >= 0.3 is 0 Å². The van der Waals surface area contributed by atoms with E-state index >= 15 is 0 Å². The molecule has 0 saturated carbocycles. The van der Waals surface area contributed by atoms with Crippen LogP contribution in [0.25, 0.3) is 10.8 Å². The van der Waals surface area contributed by atoms with Gasteiger partial charge in [-0.15, -0.1) is 11.3 Å². The molecule has 5 heteroatoms. The van der Waals surface area contributed by atoms with E-state index in [1.54, 1.807) is 11.3 Å². The quantitative estimate of drug-likeness (QED) is 0.714. The fourth-order valence-corrected chi connectivity index (χ4v) is 4.04. The Balaban J connectivity index is 1.63. The lowest BCUT2D eigenvalue weighted by atomic mass is 10.0. The number of aryl methyl sites for hydroxylation is 1. The van der Waals surface area contributed by atoms with E-state index in [0.717, 1.165) is 47.4 Å². The second kappa shape index (κ2) is 6.49. The van der Waals surface area contributed by atoms with Crippen molar-refractivity contribution >= 4 is 27.2 Å². The summed E-state index contributed by atoms with van der Waals surface area (Å²) in [5.41, 5.74) is 1.67. The number of halogens is 1. The lowest BCUT2D eigenvalue weighted by Crippen LogP contribution is -2.36. The third-order valence-corrected chi connectivity index (χ3v) is 5.54. The van der Waals surface area contributed by atoms with E-state index in [2.05, 4.69) is 11.8 Å². The molecule has 0 radical (unpaired) electrons. The van der Waals surface area contributed by atoms with Gasteiger partial charge in [-0.2, -0.15) is 0 Å². The molecule has 0 amide bonds. The first-order chi connectivity index (χ1) is 11.7. The first-order valence-corrected chi connectivity index (χ1v) is 8.99. The van der Waals surface area contributed by atoms with E-state index in [1.165, 1.54) is 0 Å². The summed E-state index contributed by atoms with van der Waals surface area (Å²) in [5, 5.41) is 2.63. The van der Waals surface area contributed by atoms with Crippen LogP contribution in [-0.2, 0) is 11.2 Å². The third kappa shape index (κ3) is 2.89. The van der Waals surface area contributed by atoms with Crippen LogP contribution >= 0.6 is 11.3 Å². The van der Waals surface area contributed by atoms with Gasteiger partial charge < -0.3 is 9.64 Å². The molecule has 1 saturated heterocycles. The Bertz CT molecular complexity index is 871. The van der Waals surface area contributed by atoms with E-state index in [0.29, 0.717) is 17.4 Å². The van der Waals surface area contributed by atoms with E-state index in [-0.39, 0.29) is 5.82 Å². The maximum absolute atomic E-state index is 14.8. The van der Waals surface area contributed by atoms with Crippen LogP contribution < -0.4 is 4.90 Å². The molecule has 0 N–H and O–H groups in total. The van der Waals surface area contributed by atoms with Crippen molar-refractivity contribution in [2.45, 2.75) is 13.3 Å². The van der Waals surface area contributed by atoms with Crippen LogP contribution in [-0.4, -0.2) is 31.3 Å². The van der Waals surface area contributed by atoms with Gasteiger partial charge in [0.2, 0.25) is 0 Å². The molecule has 1 aliphatic heterocycles. The average molecular weight is 342 g/mol. The lowest BCUT2D eigenvalue weighted by Gasteiger charge is -2.26. The predicted molar refractivity (Wildman–Crippen MR) is 96.6 cm³/mol. The second-order valence-corrected chi connectivity index (χ2v) is 7.22. The standard InChI is InChI=1S/C19H19FN2OS/c1-13-17(21-19(24-13)22-8-10-23-11-9-22)12-15-7-6-14-4-2-3-5-16(14)18(15)20/h2-7H,8-12H2,1H3. The third-order valence-electron chi connectivity index (χ3n) is 4.46. The Morgan fingerprint density at radius 2 is 1.96 bits per heavy atom. The summed E-state index contributed by atoms with van der Waals surface area (Å²) in [4.78, 5) is 8.18. The molecule has 0 aliphatic carbocycles. The van der Waals surface area contributed by atoms with Gasteiger partial charge in [-0.1, -0.05) is 36.4 Å². The van der Waals surface area contributed by atoms with Gasteiger partial charge in [0.1, 0.15) is 5.82 Å². The van der Waals surface area contributed by atoms with Gasteiger partial charge in [0.25, 0.3) is 0 Å². The Kier molecular flexibility index (Phi) is 4.21. The minimum atomic E-state index is -0.131. The first kappa shape index (κ1) is 15.5. The SMILES string of the molecule is Cc1sc(N2CCOCC2)nc1Cc1ccc2ccccc2c1F. The number of ether oxygens (including phenoxy) is 1. The molecule has 0 bridgehead atoms. The zero-order valence-corrected chi connectivity index (χ0v) is 14.4. The van der Waals surface area contributed by atoms with Crippen LogP contribution in [0.15, 0.2) is 36.4 Å². The van der Waals surface area contributed by atoms with E-state index in [1.807, 2.05) is 36.4 Å². The predicted octanol–water partition coefficient (Wildman–Crippen LogP) is 4.17. The fourth-order valence-electron chi connectivity index (χ4n) is 3.06. The molecule has 2 heterocycles. The number of benzene rings is 2. The Hall–Kier alpha value is -1.98. The summed E-state index contributed by atoms with van der Waals surface area (Å²) in [5.74, 6) is -0.131. The smallest absolute Gasteiger partial charge is 0.185 e. The van der Waals surface area contributed by atoms with Crippen LogP contribution in [0.2, 0.25) is 0 Å². The summed E-state index contributed by atoms with van der Waals surface area (Å²) in [7, 11) is 0. The minimum Gasteiger partial charge on any atom is -0.378 e. The van der Waals surface area contributed by atoms with Gasteiger partial charge in [-0.05, 0) is 17.9 Å². The molecular weight excluding hydrogens is 323 g/mol. The van der Waals surface area contributed by atoms with E-state index < -0.39 is 0 Å². The Morgan fingerprint density at radius 3 is 2.79 bits per heavy atom. The number of fused-ring (bicyclic) bond motifs is 1. The monoisotopic (exact) mass is 342 g/mol. The highest BCUT2D eigenvalue weighted by molar-refractivity contribution is 7.15. The maximum Gasteiger partial charge on any atom is 0.185 e. The van der Waals surface area contributed by atoms with Gasteiger partial charge in [0.15, 0.2) is 5.13 Å². The fraction of sp³-hybridized carbons (Fsp3) is 0.316. The zero-order valence-electron chi connectivity index (χ0n) is 13.6. The summed E-state index contributed by atoms with van der Waals surface area (Å²) in [6.45, 7) is 5.30. The van der Waals surface area contributed by atoms with Crippen LogP contribution in [0.4, 0.5) is 9.52 Å². The Labute approximate surface area is 144 Å². The van der Waals surface area contributed by atoms with Crippen molar-refractivity contribution in [2.24, 2.45) is 0 Å². The van der Waals surface area contributed by atoms with Crippen LogP contribution in [0.3, 0.4) is 0 Å². The summed E-state index contributed by atoms with van der Waals surface area (Å²) >= 11 is 1.69. The molecule has 24 heavy (non-hydrogen) atoms. The molecule has 1 aromatic heterocycles. The van der Waals surface area contributed by atoms with Crippen LogP contribution in [0.1, 0.15) is 16.1 Å². The average Bonchev–Trinajstić information content (AvgIpc) is 2.99. The number of nitrogens with zero attached hydrogens (tertiary/aromatic N) is 2. The van der Waals surface area contributed by atoms with Crippen molar-refractivity contribution in [3.05, 3.63) is 58.3 Å². The number of anilines is 1. The maximum atomic E-state index is 14.8.